The number of benzene rings is 7. The molecule has 0 aliphatic heterocycles. The van der Waals surface area contributed by atoms with E-state index in [-0.39, 0.29) is 10.8 Å². The van der Waals surface area contributed by atoms with Crippen molar-refractivity contribution in [3.05, 3.63) is 199 Å². The molecular formula is C59H54N4O. The van der Waals surface area contributed by atoms with Gasteiger partial charge in [-0.25, -0.2) is 4.98 Å². The van der Waals surface area contributed by atoms with Crippen molar-refractivity contribution in [2.75, 3.05) is 0 Å². The molecule has 0 saturated heterocycles. The highest BCUT2D eigenvalue weighted by atomic mass is 16.5. The molecule has 3 aromatic heterocycles. The highest BCUT2D eigenvalue weighted by Gasteiger charge is 2.25. The topological polar surface area (TPSA) is 35.9 Å². The van der Waals surface area contributed by atoms with Gasteiger partial charge in [-0.3, -0.25) is 13.7 Å². The zero-order valence-corrected chi connectivity index (χ0v) is 38.0. The van der Waals surface area contributed by atoms with Gasteiger partial charge in [0.25, 0.3) is 6.33 Å². The van der Waals surface area contributed by atoms with Crippen molar-refractivity contribution < 1.29 is 9.30 Å². The lowest BCUT2D eigenvalue weighted by atomic mass is 9.78. The number of pyridine rings is 1. The number of hydrogen-bond donors (Lipinski definition) is 0. The van der Waals surface area contributed by atoms with Crippen LogP contribution < -0.4 is 9.30 Å². The fourth-order valence-corrected chi connectivity index (χ4v) is 8.93. The Bertz CT molecular complexity index is 3320. The van der Waals surface area contributed by atoms with Crippen molar-refractivity contribution in [3.8, 4) is 50.9 Å². The summed E-state index contributed by atoms with van der Waals surface area (Å²) in [6.07, 6.45) is 5.78. The van der Waals surface area contributed by atoms with Crippen molar-refractivity contribution >= 4 is 32.8 Å². The Morgan fingerprint density at radius 2 is 1.19 bits per heavy atom. The Kier molecular flexibility index (Phi) is 10.1. The number of rotatable bonds is 8. The molecule has 0 bridgehead atoms. The summed E-state index contributed by atoms with van der Waals surface area (Å²) in [7, 11) is 0. The van der Waals surface area contributed by atoms with E-state index in [0.717, 1.165) is 72.8 Å². The third-order valence-corrected chi connectivity index (χ3v) is 12.5. The van der Waals surface area contributed by atoms with E-state index in [1.165, 1.54) is 27.6 Å². The fraction of sp³-hybridized carbons (Fsp3) is 0.186. The van der Waals surface area contributed by atoms with E-state index in [4.69, 9.17) is 9.72 Å². The second kappa shape index (κ2) is 15.8. The molecule has 10 aromatic rings. The number of nitrogens with zero attached hydrogens (tertiary/aromatic N) is 4. The minimum atomic E-state index is -0.0314. The first-order valence-corrected chi connectivity index (χ1v) is 22.4. The molecule has 0 unspecified atom stereocenters. The first kappa shape index (κ1) is 40.8. The lowest BCUT2D eigenvalue weighted by Gasteiger charge is -2.27. The number of fused-ring (bicyclic) bond motifs is 4. The quantitative estimate of drug-likeness (QED) is 0.113. The van der Waals surface area contributed by atoms with Crippen molar-refractivity contribution in [2.24, 2.45) is 0 Å². The van der Waals surface area contributed by atoms with E-state index in [1.54, 1.807) is 0 Å². The molecule has 0 fully saturated rings. The average molecular weight is 835 g/mol. The summed E-state index contributed by atoms with van der Waals surface area (Å²) in [6.45, 7) is 18.2. The van der Waals surface area contributed by atoms with Crippen LogP contribution in [0.5, 0.6) is 11.5 Å². The van der Waals surface area contributed by atoms with Gasteiger partial charge in [0.05, 0.1) is 33.4 Å². The third kappa shape index (κ3) is 7.45. The molecule has 0 atom stereocenters. The molecule has 3 heterocycles. The van der Waals surface area contributed by atoms with Gasteiger partial charge in [-0.1, -0.05) is 171 Å². The Labute approximate surface area is 376 Å². The molecule has 5 nitrogen and oxygen atoms in total. The van der Waals surface area contributed by atoms with Crippen LogP contribution in [-0.2, 0) is 10.8 Å². The summed E-state index contributed by atoms with van der Waals surface area (Å²) in [5, 5.41) is 2.33. The monoisotopic (exact) mass is 834 g/mol. The number of para-hydroxylation sites is 4. The molecule has 7 aromatic carbocycles. The van der Waals surface area contributed by atoms with Gasteiger partial charge in [0.1, 0.15) is 17.3 Å². The van der Waals surface area contributed by atoms with E-state index in [1.807, 2.05) is 12.3 Å². The Morgan fingerprint density at radius 3 is 1.92 bits per heavy atom. The SMILES string of the molecule is CC(C)c1ccnc(-n2c3ccccc3c3ccc(Oc4cccc(-n5[c-][n+](-c6c(-c7ccccc7)cccc6-c6cc(C(C)(C)C)cc(C(C)(C)C)c6)c6ccccc65)c4)cc32)c1. The zero-order chi connectivity index (χ0) is 44.3. The maximum atomic E-state index is 6.76. The maximum Gasteiger partial charge on any atom is 0.269 e. The van der Waals surface area contributed by atoms with Gasteiger partial charge in [0.15, 0.2) is 0 Å². The molecule has 0 radical (unpaired) electrons. The molecule has 0 saturated carbocycles. The van der Waals surface area contributed by atoms with Crippen LogP contribution in [0.4, 0.5) is 0 Å². The predicted octanol–water partition coefficient (Wildman–Crippen LogP) is 15.0. The lowest BCUT2D eigenvalue weighted by molar-refractivity contribution is -0.571. The molecule has 0 spiro atoms. The van der Waals surface area contributed by atoms with Crippen LogP contribution in [0, 0.1) is 6.33 Å². The lowest BCUT2D eigenvalue weighted by Crippen LogP contribution is -2.31. The van der Waals surface area contributed by atoms with Crippen LogP contribution in [0.25, 0.3) is 72.3 Å². The first-order chi connectivity index (χ1) is 30.8. The van der Waals surface area contributed by atoms with Gasteiger partial charge in [-0.15, -0.1) is 0 Å². The minimum absolute atomic E-state index is 0.0314. The second-order valence-electron chi connectivity index (χ2n) is 19.4. The van der Waals surface area contributed by atoms with Gasteiger partial charge in [0.2, 0.25) is 0 Å². The van der Waals surface area contributed by atoms with Gasteiger partial charge >= 0.3 is 0 Å². The summed E-state index contributed by atoms with van der Waals surface area (Å²) < 4.78 is 13.4. The number of imidazole rings is 1. The Morgan fingerprint density at radius 1 is 0.547 bits per heavy atom. The normalized spacial score (nSPS) is 12.2. The Hall–Kier alpha value is -7.24. The third-order valence-electron chi connectivity index (χ3n) is 12.5. The second-order valence-corrected chi connectivity index (χ2v) is 19.4. The van der Waals surface area contributed by atoms with E-state index in [9.17, 15) is 0 Å². The number of aromatic nitrogens is 4. The maximum absolute atomic E-state index is 6.76. The predicted molar refractivity (Wildman–Crippen MR) is 265 cm³/mol. The molecule has 10 rings (SSSR count). The molecule has 5 heteroatoms. The molecule has 0 aliphatic carbocycles. The summed E-state index contributed by atoms with van der Waals surface area (Å²) in [5.74, 6) is 2.77. The molecule has 0 aliphatic rings. The minimum Gasteiger partial charge on any atom is -0.458 e. The number of ether oxygens (including phenoxy) is 1. The highest BCUT2D eigenvalue weighted by molar-refractivity contribution is 6.09. The molecule has 316 valence electrons. The van der Waals surface area contributed by atoms with Gasteiger partial charge in [-0.2, -0.15) is 0 Å². The summed E-state index contributed by atoms with van der Waals surface area (Å²) >= 11 is 0. The number of hydrogen-bond acceptors (Lipinski definition) is 2. The molecule has 0 N–H and O–H groups in total. The fourth-order valence-electron chi connectivity index (χ4n) is 8.93. The van der Waals surface area contributed by atoms with Crippen LogP contribution in [0.2, 0.25) is 0 Å². The van der Waals surface area contributed by atoms with Gasteiger partial charge in [0, 0.05) is 23.0 Å². The van der Waals surface area contributed by atoms with Crippen LogP contribution >= 0.6 is 0 Å². The van der Waals surface area contributed by atoms with Gasteiger partial charge < -0.3 is 4.74 Å². The average Bonchev–Trinajstić information content (AvgIpc) is 3.84. The van der Waals surface area contributed by atoms with Crippen molar-refractivity contribution in [1.29, 1.82) is 0 Å². The summed E-state index contributed by atoms with van der Waals surface area (Å²) in [4.78, 5) is 4.86. The van der Waals surface area contributed by atoms with Crippen molar-refractivity contribution in [1.82, 2.24) is 14.1 Å². The highest BCUT2D eigenvalue weighted by Crippen LogP contribution is 2.40. The molecule has 64 heavy (non-hydrogen) atoms. The van der Waals surface area contributed by atoms with Crippen molar-refractivity contribution in [2.45, 2.75) is 72.1 Å². The van der Waals surface area contributed by atoms with Crippen LogP contribution in [0.15, 0.2) is 176 Å². The van der Waals surface area contributed by atoms with Gasteiger partial charge in [-0.05, 0) is 104 Å². The Balaban J connectivity index is 1.11. The standard InChI is InChI=1S/C59H54N4O/c1-39(2)41-30-31-60-56(34-41)63-52-25-13-12-22-50(52)51-29-28-47(37-55(51)63)64-46-21-16-20-45(36-46)61-38-62(54-27-15-14-26-53(54)61)57-48(40-18-10-9-11-19-40)23-17-24-49(57)42-32-43(58(3,4)5)35-44(33-42)59(6,7)8/h9-37,39H,1-8H3. The largest absolute Gasteiger partial charge is 0.458 e. The van der Waals surface area contributed by atoms with E-state index in [2.05, 4.69) is 239 Å². The van der Waals surface area contributed by atoms with E-state index < -0.39 is 0 Å². The smallest absolute Gasteiger partial charge is 0.269 e. The molecule has 0 amide bonds. The first-order valence-electron chi connectivity index (χ1n) is 22.4. The zero-order valence-electron chi connectivity index (χ0n) is 38.0. The van der Waals surface area contributed by atoms with E-state index >= 15 is 0 Å². The molecular weight excluding hydrogens is 781 g/mol. The van der Waals surface area contributed by atoms with E-state index in [0.29, 0.717) is 5.92 Å². The van der Waals surface area contributed by atoms with Crippen LogP contribution in [0.3, 0.4) is 0 Å². The summed E-state index contributed by atoms with van der Waals surface area (Å²) in [6, 6.07) is 60.7. The van der Waals surface area contributed by atoms with Crippen LogP contribution in [-0.4, -0.2) is 14.1 Å². The van der Waals surface area contributed by atoms with Crippen molar-refractivity contribution in [3.63, 3.8) is 0 Å². The van der Waals surface area contributed by atoms with Crippen LogP contribution in [0.1, 0.15) is 78.0 Å². The summed E-state index contributed by atoms with van der Waals surface area (Å²) in [5.41, 5.74) is 14.7.